The molecule has 17 heteroatoms. The van der Waals surface area contributed by atoms with E-state index in [4.69, 9.17) is 19.4 Å². The molecule has 5 N–H and O–H groups in total. The van der Waals surface area contributed by atoms with Crippen LogP contribution in [-0.2, 0) is 19.2 Å². The first-order chi connectivity index (χ1) is 29.2. The number of carboxylic acids is 1. The van der Waals surface area contributed by atoms with Crippen LogP contribution in [0.3, 0.4) is 0 Å². The highest BCUT2D eigenvalue weighted by molar-refractivity contribution is 7.14. The number of carboxylic acid groups (broad SMARTS) is 1. The molecule has 4 aliphatic rings. The predicted molar refractivity (Wildman–Crippen MR) is 231 cm³/mol. The minimum Gasteiger partial charge on any atom is -0.497 e. The molecular formula is C44H58N8O8S. The quantitative estimate of drug-likeness (QED) is 0.147. The van der Waals surface area contributed by atoms with Gasteiger partial charge in [0.25, 0.3) is 0 Å². The number of carbonyl (C=O) groups excluding carboxylic acids is 4. The van der Waals surface area contributed by atoms with Crippen molar-refractivity contribution in [3.8, 4) is 22.9 Å². The molecule has 0 radical (unpaired) electrons. The zero-order chi connectivity index (χ0) is 43.4. The second-order valence-electron chi connectivity index (χ2n) is 17.3. The summed E-state index contributed by atoms with van der Waals surface area (Å²) in [4.78, 5) is 80.9. The summed E-state index contributed by atoms with van der Waals surface area (Å²) in [6.07, 6.45) is 8.01. The molecule has 1 aliphatic carbocycles. The van der Waals surface area contributed by atoms with Crippen LogP contribution in [0.1, 0.15) is 85.5 Å². The van der Waals surface area contributed by atoms with Gasteiger partial charge in [-0.3, -0.25) is 14.4 Å². The van der Waals surface area contributed by atoms with Gasteiger partial charge in [0.05, 0.1) is 30.9 Å². The van der Waals surface area contributed by atoms with E-state index in [2.05, 4.69) is 21.3 Å². The Morgan fingerprint density at radius 1 is 1.07 bits per heavy atom. The average molecular weight is 859 g/mol. The predicted octanol–water partition coefficient (Wildman–Crippen LogP) is 5.33. The van der Waals surface area contributed by atoms with Gasteiger partial charge in [-0.05, 0) is 64.0 Å². The minimum absolute atomic E-state index is 0.000272. The van der Waals surface area contributed by atoms with Crippen molar-refractivity contribution in [2.24, 2.45) is 11.8 Å². The summed E-state index contributed by atoms with van der Waals surface area (Å²) in [7, 11) is 1.58. The molecule has 6 atom stereocenters. The summed E-state index contributed by atoms with van der Waals surface area (Å²) in [5.74, 6) is -1.42. The molecule has 5 amide bonds. The fraction of sp³-hybridized carbons (Fsp3) is 0.568. The van der Waals surface area contributed by atoms with Gasteiger partial charge in [-0.1, -0.05) is 38.8 Å². The number of pyridine rings is 1. The molecule has 0 bridgehead atoms. The number of fused-ring (bicyclic) bond motifs is 3. The maximum absolute atomic E-state index is 14.8. The molecule has 1 aromatic carbocycles. The van der Waals surface area contributed by atoms with Crippen LogP contribution in [0.2, 0.25) is 0 Å². The normalized spacial score (nSPS) is 25.6. The number of methoxy groups -OCH3 is 1. The molecule has 2 aromatic heterocycles. The Kier molecular flexibility index (Phi) is 13.4. The lowest BCUT2D eigenvalue weighted by Crippen LogP contribution is -2.58. The minimum atomic E-state index is -1.48. The number of hydrogen-bond acceptors (Lipinski definition) is 11. The van der Waals surface area contributed by atoms with E-state index in [9.17, 15) is 29.1 Å². The molecular weight excluding hydrogens is 801 g/mol. The number of allylic oxidation sites excluding steroid dienone is 1. The van der Waals surface area contributed by atoms with Crippen molar-refractivity contribution >= 4 is 57.1 Å². The fourth-order valence-corrected chi connectivity index (χ4v) is 9.34. The van der Waals surface area contributed by atoms with Gasteiger partial charge in [-0.25, -0.2) is 19.6 Å². The number of hydrogen-bond donors (Lipinski definition) is 5. The van der Waals surface area contributed by atoms with Crippen LogP contribution in [0.15, 0.2) is 41.8 Å². The Hall–Kier alpha value is -5.45. The van der Waals surface area contributed by atoms with Crippen LogP contribution < -0.4 is 30.7 Å². The average Bonchev–Trinajstić information content (AvgIpc) is 3.55. The number of ether oxygens (including phenoxy) is 2. The van der Waals surface area contributed by atoms with Crippen molar-refractivity contribution < 1.29 is 38.6 Å². The monoisotopic (exact) mass is 858 g/mol. The van der Waals surface area contributed by atoms with Crippen LogP contribution >= 0.6 is 11.3 Å². The summed E-state index contributed by atoms with van der Waals surface area (Å²) >= 11 is 1.46. The molecule has 61 heavy (non-hydrogen) atoms. The second-order valence-corrected chi connectivity index (χ2v) is 18.2. The number of likely N-dealkylation sites (tertiary alicyclic amines) is 1. The Labute approximate surface area is 360 Å². The molecule has 3 aliphatic heterocycles. The Morgan fingerprint density at radius 3 is 2.61 bits per heavy atom. The molecule has 1 unspecified atom stereocenters. The number of urea groups is 1. The van der Waals surface area contributed by atoms with Crippen molar-refractivity contribution in [3.63, 3.8) is 0 Å². The van der Waals surface area contributed by atoms with Gasteiger partial charge in [-0.2, -0.15) is 0 Å². The highest BCUT2D eigenvalue weighted by Gasteiger charge is 2.61. The Morgan fingerprint density at radius 2 is 1.89 bits per heavy atom. The van der Waals surface area contributed by atoms with Gasteiger partial charge in [0.2, 0.25) is 17.7 Å². The smallest absolute Gasteiger partial charge is 0.330 e. The van der Waals surface area contributed by atoms with Gasteiger partial charge >= 0.3 is 12.0 Å². The van der Waals surface area contributed by atoms with Crippen molar-refractivity contribution in [1.29, 1.82) is 0 Å². The van der Waals surface area contributed by atoms with E-state index in [-0.39, 0.29) is 49.2 Å². The standard InChI is InChI=1S/C44H58N8O8S/c1-25(2)34(23-51-17-11-14-38(51)53)48-42(58)47-31-13-10-8-6-7-9-12-27-21-44(27,41(56)57)50-39(54)36-19-29(22-52(36)40(31)55)60-37-20-33(35-24-61-43(49-35)45-26(3)4)46-32-18-28(59-5)15-16-30(32)37/h9,12,15-16,18,20,24-27,29,31,34,36H,6-8,10-11,13-14,17,19,21-23H2,1-5H3,(H,45,49)(H,50,54)(H,56,57)(H2,47,48,58)/b12-9-/t27?,29-,31-,34-,36+,44-/m1/s1. The summed E-state index contributed by atoms with van der Waals surface area (Å²) in [6, 6.07) is 4.48. The molecule has 2 saturated heterocycles. The molecule has 7 rings (SSSR count). The van der Waals surface area contributed by atoms with Crippen molar-refractivity contribution in [2.75, 3.05) is 32.1 Å². The van der Waals surface area contributed by atoms with E-state index in [1.807, 2.05) is 51.3 Å². The first-order valence-corrected chi connectivity index (χ1v) is 22.4. The van der Waals surface area contributed by atoms with Gasteiger partial charge in [0, 0.05) is 60.8 Å². The lowest BCUT2D eigenvalue weighted by Gasteiger charge is -2.31. The van der Waals surface area contributed by atoms with Gasteiger partial charge in [0.1, 0.15) is 40.9 Å². The number of aromatic nitrogens is 2. The number of thiazole rings is 1. The van der Waals surface area contributed by atoms with E-state index in [0.717, 1.165) is 30.8 Å². The third-order valence-corrected chi connectivity index (χ3v) is 12.9. The van der Waals surface area contributed by atoms with Crippen molar-refractivity contribution in [2.45, 2.75) is 121 Å². The summed E-state index contributed by atoms with van der Waals surface area (Å²) in [5, 5.41) is 25.8. The molecule has 3 aromatic rings. The number of rotatable bonds is 12. The van der Waals surface area contributed by atoms with E-state index in [1.54, 1.807) is 30.2 Å². The van der Waals surface area contributed by atoms with Crippen LogP contribution in [0.4, 0.5) is 9.93 Å². The highest BCUT2D eigenvalue weighted by atomic mass is 32.1. The van der Waals surface area contributed by atoms with E-state index in [0.29, 0.717) is 66.1 Å². The Balaban J connectivity index is 1.18. The third-order valence-electron chi connectivity index (χ3n) is 12.1. The lowest BCUT2D eigenvalue weighted by molar-refractivity contribution is -0.145. The number of amides is 5. The third kappa shape index (κ3) is 10.0. The summed E-state index contributed by atoms with van der Waals surface area (Å²) in [6.45, 7) is 9.02. The van der Waals surface area contributed by atoms with Crippen LogP contribution in [0.25, 0.3) is 22.3 Å². The first-order valence-electron chi connectivity index (χ1n) is 21.5. The SMILES string of the molecule is COc1ccc2c(O[C@@H]3C[C@H]4C(=O)N[C@]5(C(=O)O)CC5/C=C\CCCCC[C@@H](NC(=O)N[C@H](CN5CCCC5=O)C(C)C)C(=O)N4C3)cc(-c3csc(NC(C)C)n3)nc2c1. The van der Waals surface area contributed by atoms with Crippen LogP contribution in [0, 0.1) is 11.8 Å². The largest absolute Gasteiger partial charge is 0.497 e. The lowest BCUT2D eigenvalue weighted by atomic mass is 10.0. The molecule has 16 nitrogen and oxygen atoms in total. The molecule has 5 heterocycles. The second kappa shape index (κ2) is 18.7. The maximum atomic E-state index is 14.8. The van der Waals surface area contributed by atoms with Crippen LogP contribution in [0.5, 0.6) is 11.5 Å². The van der Waals surface area contributed by atoms with Gasteiger partial charge < -0.3 is 45.6 Å². The topological polar surface area (TPSA) is 204 Å². The molecule has 3 fully saturated rings. The van der Waals surface area contributed by atoms with Crippen molar-refractivity contribution in [3.05, 3.63) is 41.8 Å². The molecule has 328 valence electrons. The zero-order valence-electron chi connectivity index (χ0n) is 35.6. The molecule has 1 saturated carbocycles. The Bertz CT molecular complexity index is 2160. The fourth-order valence-electron chi connectivity index (χ4n) is 8.49. The summed E-state index contributed by atoms with van der Waals surface area (Å²) < 4.78 is 12.3. The number of carbonyl (C=O) groups is 5. The van der Waals surface area contributed by atoms with Gasteiger partial charge in [-0.15, -0.1) is 11.3 Å². The van der Waals surface area contributed by atoms with E-state index >= 15 is 0 Å². The number of nitrogens with zero attached hydrogens (tertiary/aromatic N) is 4. The van der Waals surface area contributed by atoms with Crippen molar-refractivity contribution in [1.82, 2.24) is 35.7 Å². The number of nitrogens with one attached hydrogen (secondary N) is 4. The van der Waals surface area contributed by atoms with E-state index in [1.165, 1.54) is 16.2 Å². The highest BCUT2D eigenvalue weighted by Crippen LogP contribution is 2.45. The van der Waals surface area contributed by atoms with Crippen LogP contribution in [-0.4, -0.2) is 117 Å². The summed E-state index contributed by atoms with van der Waals surface area (Å²) in [5.41, 5.74) is 0.321. The first kappa shape index (κ1) is 43.6. The van der Waals surface area contributed by atoms with Gasteiger partial charge in [0.15, 0.2) is 5.13 Å². The molecule has 0 spiro atoms. The number of anilines is 1. The number of aliphatic carboxylic acids is 1. The zero-order valence-corrected chi connectivity index (χ0v) is 36.4. The maximum Gasteiger partial charge on any atom is 0.330 e. The van der Waals surface area contributed by atoms with E-state index < -0.39 is 47.5 Å². The number of benzene rings is 1.